The van der Waals surface area contributed by atoms with E-state index < -0.39 is 51.9 Å². The van der Waals surface area contributed by atoms with Crippen LogP contribution in [0.15, 0.2) is 82.2 Å². The number of amides is 2. The molecule has 7 nitrogen and oxygen atoms in total. The summed E-state index contributed by atoms with van der Waals surface area (Å²) in [5.41, 5.74) is -1.03. The molecule has 0 fully saturated rings. The molecule has 0 aromatic heterocycles. The highest BCUT2D eigenvalue weighted by Crippen LogP contribution is 2.37. The molecule has 0 aliphatic carbocycles. The first-order chi connectivity index (χ1) is 19.6. The SMILES string of the molecule is CC(C)CNC(=O)C(C)N(Cc1cccc(Br)c1)C(=O)CN(c1cc(C(F)(F)F)ccc1Cl)S(=O)(=O)c1ccccc1. The summed E-state index contributed by atoms with van der Waals surface area (Å²) in [6.45, 7) is 4.65. The number of benzene rings is 3. The number of anilines is 1. The lowest BCUT2D eigenvalue weighted by Crippen LogP contribution is -2.51. The molecule has 0 aliphatic heterocycles. The summed E-state index contributed by atoms with van der Waals surface area (Å²) in [6, 6.07) is 15.2. The molecule has 42 heavy (non-hydrogen) atoms. The van der Waals surface area contributed by atoms with E-state index in [2.05, 4.69) is 21.2 Å². The Labute approximate surface area is 256 Å². The minimum Gasteiger partial charge on any atom is -0.354 e. The molecule has 1 unspecified atom stereocenters. The quantitative estimate of drug-likeness (QED) is 0.249. The van der Waals surface area contributed by atoms with Gasteiger partial charge >= 0.3 is 6.18 Å². The number of carbonyl (C=O) groups is 2. The number of rotatable bonds is 11. The molecule has 0 saturated heterocycles. The topological polar surface area (TPSA) is 86.8 Å². The Morgan fingerprint density at radius 3 is 2.24 bits per heavy atom. The van der Waals surface area contributed by atoms with Crippen molar-refractivity contribution >= 4 is 55.1 Å². The Morgan fingerprint density at radius 2 is 1.64 bits per heavy atom. The Bertz CT molecular complexity index is 1520. The second kappa shape index (κ2) is 13.9. The minimum absolute atomic E-state index is 0.0793. The van der Waals surface area contributed by atoms with Gasteiger partial charge in [0.15, 0.2) is 0 Å². The van der Waals surface area contributed by atoms with Crippen LogP contribution in [0.2, 0.25) is 5.02 Å². The first-order valence-corrected chi connectivity index (χ1v) is 15.5. The van der Waals surface area contributed by atoms with Crippen LogP contribution in [-0.2, 0) is 32.3 Å². The van der Waals surface area contributed by atoms with Gasteiger partial charge in [0.25, 0.3) is 10.0 Å². The van der Waals surface area contributed by atoms with Crippen molar-refractivity contribution < 1.29 is 31.2 Å². The lowest BCUT2D eigenvalue weighted by molar-refractivity contribution is -0.139. The molecule has 2 amide bonds. The molecule has 0 radical (unpaired) electrons. The molecule has 226 valence electrons. The fraction of sp³-hybridized carbons (Fsp3) is 0.310. The van der Waals surface area contributed by atoms with Crippen molar-refractivity contribution in [2.75, 3.05) is 17.4 Å². The van der Waals surface area contributed by atoms with E-state index in [0.29, 0.717) is 27.0 Å². The summed E-state index contributed by atoms with van der Waals surface area (Å²) in [4.78, 5) is 27.9. The zero-order chi connectivity index (χ0) is 31.2. The average Bonchev–Trinajstić information content (AvgIpc) is 2.93. The number of carbonyl (C=O) groups excluding carboxylic acids is 2. The van der Waals surface area contributed by atoms with Gasteiger partial charge in [-0.05, 0) is 60.9 Å². The first-order valence-electron chi connectivity index (χ1n) is 12.9. The molecule has 0 aliphatic rings. The van der Waals surface area contributed by atoms with Gasteiger partial charge in [-0.15, -0.1) is 0 Å². The van der Waals surface area contributed by atoms with E-state index in [9.17, 15) is 31.2 Å². The number of alkyl halides is 3. The molecule has 0 saturated carbocycles. The summed E-state index contributed by atoms with van der Waals surface area (Å²) in [5, 5.41) is 2.46. The molecular formula is C29H30BrClF3N3O4S. The van der Waals surface area contributed by atoms with Gasteiger partial charge in [-0.3, -0.25) is 13.9 Å². The first kappa shape index (κ1) is 33.4. The maximum atomic E-state index is 13.9. The van der Waals surface area contributed by atoms with Gasteiger partial charge in [0.2, 0.25) is 11.8 Å². The Morgan fingerprint density at radius 1 is 0.976 bits per heavy atom. The van der Waals surface area contributed by atoms with Gasteiger partial charge in [-0.1, -0.05) is 71.7 Å². The van der Waals surface area contributed by atoms with Crippen LogP contribution in [0.3, 0.4) is 0 Å². The van der Waals surface area contributed by atoms with Gasteiger partial charge in [0, 0.05) is 17.6 Å². The maximum absolute atomic E-state index is 13.9. The third kappa shape index (κ3) is 8.48. The predicted octanol–water partition coefficient (Wildman–Crippen LogP) is 6.51. The zero-order valence-electron chi connectivity index (χ0n) is 23.0. The summed E-state index contributed by atoms with van der Waals surface area (Å²) in [7, 11) is -4.59. The Kier molecular flexibility index (Phi) is 11.1. The number of nitrogens with zero attached hydrogens (tertiary/aromatic N) is 2. The van der Waals surface area contributed by atoms with Crippen LogP contribution in [0.1, 0.15) is 31.9 Å². The van der Waals surface area contributed by atoms with Crippen molar-refractivity contribution in [1.82, 2.24) is 10.2 Å². The van der Waals surface area contributed by atoms with Crippen molar-refractivity contribution in [2.45, 2.75) is 44.4 Å². The van der Waals surface area contributed by atoms with Crippen LogP contribution in [0.5, 0.6) is 0 Å². The number of sulfonamides is 1. The van der Waals surface area contributed by atoms with Gasteiger partial charge in [0.05, 0.1) is 21.2 Å². The molecule has 1 N–H and O–H groups in total. The highest BCUT2D eigenvalue weighted by atomic mass is 79.9. The van der Waals surface area contributed by atoms with Crippen LogP contribution in [0.4, 0.5) is 18.9 Å². The predicted molar refractivity (Wildman–Crippen MR) is 159 cm³/mol. The lowest BCUT2D eigenvalue weighted by Gasteiger charge is -2.32. The van der Waals surface area contributed by atoms with Crippen LogP contribution in [-0.4, -0.2) is 44.3 Å². The third-order valence-corrected chi connectivity index (χ3v) is 8.83. The van der Waals surface area contributed by atoms with Crippen molar-refractivity contribution in [3.8, 4) is 0 Å². The fourth-order valence-electron chi connectivity index (χ4n) is 3.98. The number of hydrogen-bond acceptors (Lipinski definition) is 4. The summed E-state index contributed by atoms with van der Waals surface area (Å²) in [5.74, 6) is -1.17. The van der Waals surface area contributed by atoms with Gasteiger partial charge in [-0.2, -0.15) is 13.2 Å². The molecular weight excluding hydrogens is 659 g/mol. The highest BCUT2D eigenvalue weighted by Gasteiger charge is 2.36. The summed E-state index contributed by atoms with van der Waals surface area (Å²) >= 11 is 9.63. The standard InChI is InChI=1S/C29H30BrClF3N3O4S/c1-19(2)16-35-28(39)20(3)36(17-21-8-7-9-23(30)14-21)27(38)18-37(42(40,41)24-10-5-4-6-11-24)26-15-22(29(32,33)34)12-13-25(26)31/h4-15,19-20H,16-18H2,1-3H3,(H,35,39). The zero-order valence-corrected chi connectivity index (χ0v) is 26.2. The minimum atomic E-state index is -4.80. The molecule has 0 bridgehead atoms. The summed E-state index contributed by atoms with van der Waals surface area (Å²) in [6.07, 6.45) is -4.80. The molecule has 13 heteroatoms. The number of nitrogens with one attached hydrogen (secondary N) is 1. The smallest absolute Gasteiger partial charge is 0.354 e. The van der Waals surface area contributed by atoms with Gasteiger partial charge in [0.1, 0.15) is 12.6 Å². The Balaban J connectivity index is 2.11. The van der Waals surface area contributed by atoms with Crippen molar-refractivity contribution in [3.63, 3.8) is 0 Å². The van der Waals surface area contributed by atoms with Crippen LogP contribution in [0.25, 0.3) is 0 Å². The lowest BCUT2D eigenvalue weighted by atomic mass is 10.1. The second-order valence-corrected chi connectivity index (χ2v) is 13.1. The molecule has 1 atom stereocenters. The van der Waals surface area contributed by atoms with Crippen LogP contribution in [0, 0.1) is 5.92 Å². The third-order valence-electron chi connectivity index (χ3n) is 6.25. The van der Waals surface area contributed by atoms with E-state index in [1.165, 1.54) is 36.1 Å². The van der Waals surface area contributed by atoms with E-state index in [4.69, 9.17) is 11.6 Å². The monoisotopic (exact) mass is 687 g/mol. The van der Waals surface area contributed by atoms with Crippen LogP contribution < -0.4 is 9.62 Å². The van der Waals surface area contributed by atoms with E-state index in [1.807, 2.05) is 13.8 Å². The average molecular weight is 689 g/mol. The molecule has 3 aromatic carbocycles. The van der Waals surface area contributed by atoms with Crippen molar-refractivity contribution in [1.29, 1.82) is 0 Å². The van der Waals surface area contributed by atoms with E-state index in [-0.39, 0.29) is 22.4 Å². The number of halogens is 5. The molecule has 0 spiro atoms. The summed E-state index contributed by atoms with van der Waals surface area (Å²) < 4.78 is 69.8. The normalized spacial score (nSPS) is 12.6. The highest BCUT2D eigenvalue weighted by molar-refractivity contribution is 9.10. The molecule has 3 aromatic rings. The van der Waals surface area contributed by atoms with Crippen molar-refractivity contribution in [3.05, 3.63) is 93.4 Å². The van der Waals surface area contributed by atoms with E-state index in [0.717, 1.165) is 12.1 Å². The Hall–Kier alpha value is -3.09. The van der Waals surface area contributed by atoms with Gasteiger partial charge in [-0.25, -0.2) is 8.42 Å². The van der Waals surface area contributed by atoms with Crippen LogP contribution >= 0.6 is 27.5 Å². The number of hydrogen-bond donors (Lipinski definition) is 1. The van der Waals surface area contributed by atoms with E-state index >= 15 is 0 Å². The van der Waals surface area contributed by atoms with Crippen molar-refractivity contribution in [2.24, 2.45) is 5.92 Å². The fourth-order valence-corrected chi connectivity index (χ4v) is 6.14. The van der Waals surface area contributed by atoms with E-state index in [1.54, 1.807) is 30.3 Å². The molecule has 3 rings (SSSR count). The second-order valence-electron chi connectivity index (χ2n) is 9.96. The largest absolute Gasteiger partial charge is 0.416 e. The maximum Gasteiger partial charge on any atom is 0.416 e. The van der Waals surface area contributed by atoms with Gasteiger partial charge < -0.3 is 10.2 Å². The molecule has 0 heterocycles.